The maximum Gasteiger partial charge on any atom is 0.261 e. The van der Waals surface area contributed by atoms with Crippen LogP contribution in [0.25, 0.3) is 0 Å². The van der Waals surface area contributed by atoms with Crippen molar-refractivity contribution in [1.82, 2.24) is 20.2 Å². The van der Waals surface area contributed by atoms with Gasteiger partial charge in [0.25, 0.3) is 5.91 Å². The lowest BCUT2D eigenvalue weighted by atomic mass is 9.95. The Morgan fingerprint density at radius 3 is 2.29 bits per heavy atom. The van der Waals surface area contributed by atoms with Crippen molar-refractivity contribution in [2.45, 2.75) is 39.0 Å². The summed E-state index contributed by atoms with van der Waals surface area (Å²) in [4.78, 5) is 36.4. The summed E-state index contributed by atoms with van der Waals surface area (Å²) in [5.74, 6) is 1.55. The molecule has 0 spiro atoms. The molecule has 1 atom stereocenters. The number of piperidine rings is 1. The highest BCUT2D eigenvalue weighted by molar-refractivity contribution is 5.99. The molecule has 1 fully saturated rings. The predicted octanol–water partition coefficient (Wildman–Crippen LogP) is 2.42. The van der Waals surface area contributed by atoms with Gasteiger partial charge in [-0.3, -0.25) is 9.59 Å². The molecule has 0 saturated carbocycles. The van der Waals surface area contributed by atoms with Crippen molar-refractivity contribution in [3.8, 4) is 11.5 Å². The molecule has 2 aromatic rings. The minimum atomic E-state index is -0.122. The number of methoxy groups -OCH3 is 2. The molecule has 2 heterocycles. The lowest BCUT2D eigenvalue weighted by Crippen LogP contribution is -2.40. The first-order chi connectivity index (χ1) is 14.9. The maximum atomic E-state index is 13.4. The Morgan fingerprint density at radius 1 is 1.13 bits per heavy atom. The van der Waals surface area contributed by atoms with Gasteiger partial charge in [-0.05, 0) is 38.8 Å². The van der Waals surface area contributed by atoms with E-state index in [-0.39, 0.29) is 24.2 Å². The molecular formula is C23H30N4O4. The second-order valence-electron chi connectivity index (χ2n) is 7.71. The number of nitrogens with zero attached hydrogens (tertiary/aromatic N) is 3. The smallest absolute Gasteiger partial charge is 0.261 e. The van der Waals surface area contributed by atoms with Crippen molar-refractivity contribution in [2.24, 2.45) is 0 Å². The van der Waals surface area contributed by atoms with E-state index in [1.54, 1.807) is 39.5 Å². The van der Waals surface area contributed by atoms with E-state index in [1.165, 1.54) is 0 Å². The zero-order valence-electron chi connectivity index (χ0n) is 18.8. The SMILES string of the molecule is CNC(=O)Cc1c(C)nc([C@H]2CCCN(C(=O)c3c(OC)cccc3OC)C2)nc1C. The van der Waals surface area contributed by atoms with Crippen LogP contribution in [0.3, 0.4) is 0 Å². The number of benzene rings is 1. The van der Waals surface area contributed by atoms with E-state index in [9.17, 15) is 9.59 Å². The van der Waals surface area contributed by atoms with Crippen LogP contribution in [0.15, 0.2) is 18.2 Å². The number of likely N-dealkylation sites (tertiary alicyclic amines) is 1. The summed E-state index contributed by atoms with van der Waals surface area (Å²) in [5, 5.41) is 2.64. The highest BCUT2D eigenvalue weighted by Crippen LogP contribution is 2.32. The van der Waals surface area contributed by atoms with E-state index < -0.39 is 0 Å². The van der Waals surface area contributed by atoms with Crippen molar-refractivity contribution in [2.75, 3.05) is 34.4 Å². The summed E-state index contributed by atoms with van der Waals surface area (Å²) >= 11 is 0. The van der Waals surface area contributed by atoms with Crippen molar-refractivity contribution in [3.63, 3.8) is 0 Å². The summed E-state index contributed by atoms with van der Waals surface area (Å²) in [7, 11) is 4.71. The third-order valence-electron chi connectivity index (χ3n) is 5.77. The monoisotopic (exact) mass is 426 g/mol. The van der Waals surface area contributed by atoms with E-state index in [2.05, 4.69) is 5.32 Å². The van der Waals surface area contributed by atoms with Gasteiger partial charge in [-0.2, -0.15) is 0 Å². The van der Waals surface area contributed by atoms with E-state index in [1.807, 2.05) is 18.7 Å². The average Bonchev–Trinajstić information content (AvgIpc) is 2.79. The number of ether oxygens (including phenoxy) is 2. The van der Waals surface area contributed by atoms with E-state index in [0.717, 1.165) is 35.6 Å². The number of likely N-dealkylation sites (N-methyl/N-ethyl adjacent to an activating group) is 1. The number of carbonyl (C=O) groups is 2. The number of hydrogen-bond donors (Lipinski definition) is 1. The molecule has 31 heavy (non-hydrogen) atoms. The quantitative estimate of drug-likeness (QED) is 0.763. The average molecular weight is 427 g/mol. The number of aryl methyl sites for hydroxylation is 2. The van der Waals surface area contributed by atoms with Crippen molar-refractivity contribution >= 4 is 11.8 Å². The molecule has 0 unspecified atom stereocenters. The van der Waals surface area contributed by atoms with Gasteiger partial charge in [0.05, 0.1) is 20.6 Å². The van der Waals surface area contributed by atoms with Crippen LogP contribution >= 0.6 is 0 Å². The first-order valence-electron chi connectivity index (χ1n) is 10.4. The van der Waals surface area contributed by atoms with Gasteiger partial charge in [0.15, 0.2) is 0 Å². The van der Waals surface area contributed by atoms with Crippen molar-refractivity contribution < 1.29 is 19.1 Å². The Kier molecular flexibility index (Phi) is 7.09. The van der Waals surface area contributed by atoms with Crippen LogP contribution in [0.5, 0.6) is 11.5 Å². The molecule has 1 aliphatic heterocycles. The highest BCUT2D eigenvalue weighted by atomic mass is 16.5. The number of amides is 2. The van der Waals surface area contributed by atoms with Gasteiger partial charge in [0, 0.05) is 43.0 Å². The minimum absolute atomic E-state index is 0.0323. The van der Waals surface area contributed by atoms with Crippen LogP contribution in [0.4, 0.5) is 0 Å². The first-order valence-corrected chi connectivity index (χ1v) is 10.4. The number of aromatic nitrogens is 2. The molecule has 1 aromatic heterocycles. The molecule has 1 aromatic carbocycles. The van der Waals surface area contributed by atoms with E-state index in [0.29, 0.717) is 30.2 Å². The summed E-state index contributed by atoms with van der Waals surface area (Å²) in [5.41, 5.74) is 2.90. The molecule has 166 valence electrons. The summed E-state index contributed by atoms with van der Waals surface area (Å²) in [6.45, 7) is 4.99. The topological polar surface area (TPSA) is 93.7 Å². The van der Waals surface area contributed by atoms with Gasteiger partial charge >= 0.3 is 0 Å². The molecule has 0 radical (unpaired) electrons. The Balaban J connectivity index is 1.85. The minimum Gasteiger partial charge on any atom is -0.496 e. The van der Waals surface area contributed by atoms with Gasteiger partial charge < -0.3 is 19.7 Å². The fraction of sp³-hybridized carbons (Fsp3) is 0.478. The van der Waals surface area contributed by atoms with Gasteiger partial charge in [-0.1, -0.05) is 6.07 Å². The molecule has 0 aliphatic carbocycles. The molecule has 1 aliphatic rings. The van der Waals surface area contributed by atoms with Crippen LogP contribution in [0.2, 0.25) is 0 Å². The lowest BCUT2D eigenvalue weighted by molar-refractivity contribution is -0.120. The first kappa shape index (κ1) is 22.5. The van der Waals surface area contributed by atoms with Gasteiger partial charge in [-0.25, -0.2) is 9.97 Å². The molecule has 8 nitrogen and oxygen atoms in total. The van der Waals surface area contributed by atoms with Crippen LogP contribution in [0.1, 0.15) is 51.9 Å². The maximum absolute atomic E-state index is 13.4. The van der Waals surface area contributed by atoms with Crippen LogP contribution in [0, 0.1) is 13.8 Å². The third kappa shape index (κ3) is 4.78. The van der Waals surface area contributed by atoms with E-state index >= 15 is 0 Å². The Labute approximate surface area is 183 Å². The van der Waals surface area contributed by atoms with Gasteiger partial charge in [-0.15, -0.1) is 0 Å². The number of rotatable bonds is 6. The van der Waals surface area contributed by atoms with Crippen LogP contribution in [-0.4, -0.2) is 61.0 Å². The molecule has 3 rings (SSSR count). The molecular weight excluding hydrogens is 396 g/mol. The van der Waals surface area contributed by atoms with Crippen molar-refractivity contribution in [1.29, 1.82) is 0 Å². The Hall–Kier alpha value is -3.16. The third-order valence-corrected chi connectivity index (χ3v) is 5.77. The Bertz CT molecular complexity index is 931. The zero-order valence-corrected chi connectivity index (χ0v) is 18.8. The molecule has 1 N–H and O–H groups in total. The normalized spacial score (nSPS) is 16.0. The standard InChI is InChI=1S/C23H30N4O4/c1-14-17(12-20(28)24-3)15(2)26-22(25-14)16-8-7-11-27(13-16)23(29)21-18(30-4)9-6-10-19(21)31-5/h6,9-10,16H,7-8,11-13H2,1-5H3,(H,24,28)/t16-/m0/s1. The number of nitrogens with one attached hydrogen (secondary N) is 1. The zero-order chi connectivity index (χ0) is 22.5. The molecule has 0 bridgehead atoms. The predicted molar refractivity (Wildman–Crippen MR) is 117 cm³/mol. The Morgan fingerprint density at radius 2 is 1.74 bits per heavy atom. The molecule has 1 saturated heterocycles. The summed E-state index contributed by atoms with van der Waals surface area (Å²) < 4.78 is 10.8. The van der Waals surface area contributed by atoms with Crippen LogP contribution in [-0.2, 0) is 11.2 Å². The lowest BCUT2D eigenvalue weighted by Gasteiger charge is -2.33. The fourth-order valence-electron chi connectivity index (χ4n) is 4.05. The van der Waals surface area contributed by atoms with Gasteiger partial charge in [0.1, 0.15) is 22.9 Å². The number of hydrogen-bond acceptors (Lipinski definition) is 6. The summed E-state index contributed by atoms with van der Waals surface area (Å²) in [6, 6.07) is 5.32. The van der Waals surface area contributed by atoms with Crippen LogP contribution < -0.4 is 14.8 Å². The molecule has 8 heteroatoms. The second kappa shape index (κ2) is 9.76. The fourth-order valence-corrected chi connectivity index (χ4v) is 4.05. The number of carbonyl (C=O) groups excluding carboxylic acids is 2. The second-order valence-corrected chi connectivity index (χ2v) is 7.71. The summed E-state index contributed by atoms with van der Waals surface area (Å²) in [6.07, 6.45) is 2.02. The van der Waals surface area contributed by atoms with Crippen molar-refractivity contribution in [3.05, 3.63) is 46.5 Å². The molecule has 2 amide bonds. The largest absolute Gasteiger partial charge is 0.496 e. The van der Waals surface area contributed by atoms with E-state index in [4.69, 9.17) is 19.4 Å². The van der Waals surface area contributed by atoms with Gasteiger partial charge in [0.2, 0.25) is 5.91 Å². The highest BCUT2D eigenvalue weighted by Gasteiger charge is 2.31.